The van der Waals surface area contributed by atoms with E-state index in [4.69, 9.17) is 15.0 Å². The molecule has 0 radical (unpaired) electrons. The van der Waals surface area contributed by atoms with Gasteiger partial charge in [0.05, 0.1) is 5.41 Å². The van der Waals surface area contributed by atoms with Crippen molar-refractivity contribution >= 4 is 0 Å². The second-order valence-electron chi connectivity index (χ2n) is 6.31. The minimum absolute atomic E-state index is 0.0412. The number of nitrogens with two attached hydrogens (primary N) is 1. The normalized spacial score (nSPS) is 33.3. The predicted octanol–water partition coefficient (Wildman–Crippen LogP) is 2.11. The van der Waals surface area contributed by atoms with Crippen LogP contribution in [0.4, 0.5) is 0 Å². The van der Waals surface area contributed by atoms with E-state index >= 15 is 0 Å². The monoisotopic (exact) mass is 265 g/mol. The van der Waals surface area contributed by atoms with Gasteiger partial charge in [0.1, 0.15) is 5.60 Å². The molecule has 0 saturated heterocycles. The first kappa shape index (κ1) is 13.1. The molecular formula is C14H23N3O2. The highest BCUT2D eigenvalue weighted by atomic mass is 16.5. The molecule has 2 aliphatic carbocycles. The lowest BCUT2D eigenvalue weighted by molar-refractivity contribution is -0.0658. The minimum atomic E-state index is -0.357. The molecule has 106 valence electrons. The van der Waals surface area contributed by atoms with E-state index in [0.717, 1.165) is 37.9 Å². The summed E-state index contributed by atoms with van der Waals surface area (Å²) in [4.78, 5) is 4.63. The second kappa shape index (κ2) is 4.56. The van der Waals surface area contributed by atoms with Crippen molar-refractivity contribution < 1.29 is 9.26 Å². The van der Waals surface area contributed by atoms with Gasteiger partial charge in [-0.25, -0.2) is 0 Å². The second-order valence-corrected chi connectivity index (χ2v) is 6.31. The van der Waals surface area contributed by atoms with Crippen LogP contribution in [0.3, 0.4) is 0 Å². The number of rotatable bonds is 4. The highest BCUT2D eigenvalue weighted by molar-refractivity contribution is 5.18. The number of aromatic nitrogens is 2. The highest BCUT2D eigenvalue weighted by Gasteiger charge is 2.50. The van der Waals surface area contributed by atoms with Gasteiger partial charge in [-0.1, -0.05) is 18.5 Å². The van der Waals surface area contributed by atoms with Gasteiger partial charge in [0.25, 0.3) is 0 Å². The van der Waals surface area contributed by atoms with Crippen LogP contribution < -0.4 is 5.73 Å². The first-order chi connectivity index (χ1) is 9.14. The summed E-state index contributed by atoms with van der Waals surface area (Å²) >= 11 is 0. The van der Waals surface area contributed by atoms with Gasteiger partial charge in [-0.3, -0.25) is 0 Å². The summed E-state index contributed by atoms with van der Waals surface area (Å²) in [6.07, 6.45) is 6.47. The molecule has 1 aromatic heterocycles. The molecule has 0 bridgehead atoms. The summed E-state index contributed by atoms with van der Waals surface area (Å²) in [5.41, 5.74) is 5.42. The third-order valence-corrected chi connectivity index (χ3v) is 4.88. The zero-order valence-corrected chi connectivity index (χ0v) is 11.8. The molecule has 0 aromatic carbocycles. The highest BCUT2D eigenvalue weighted by Crippen LogP contribution is 2.48. The molecule has 1 heterocycles. The van der Waals surface area contributed by atoms with Gasteiger partial charge >= 0.3 is 0 Å². The van der Waals surface area contributed by atoms with Crippen LogP contribution in [-0.4, -0.2) is 23.8 Å². The lowest BCUT2D eigenvalue weighted by Gasteiger charge is -2.36. The Morgan fingerprint density at radius 3 is 2.79 bits per heavy atom. The van der Waals surface area contributed by atoms with Crippen LogP contribution in [0.25, 0.3) is 0 Å². The van der Waals surface area contributed by atoms with Crippen LogP contribution in [-0.2, 0) is 15.8 Å². The van der Waals surface area contributed by atoms with Crippen LogP contribution >= 0.6 is 0 Å². The summed E-state index contributed by atoms with van der Waals surface area (Å²) in [6, 6.07) is 0. The van der Waals surface area contributed by atoms with Gasteiger partial charge < -0.3 is 15.0 Å². The van der Waals surface area contributed by atoms with Crippen LogP contribution in [0, 0.1) is 5.92 Å². The Bertz CT molecular complexity index is 455. The van der Waals surface area contributed by atoms with Gasteiger partial charge in [0.2, 0.25) is 11.7 Å². The predicted molar refractivity (Wildman–Crippen MR) is 70.6 cm³/mol. The van der Waals surface area contributed by atoms with Crippen molar-refractivity contribution in [3.63, 3.8) is 0 Å². The average Bonchev–Trinajstić information content (AvgIpc) is 3.07. The first-order valence-electron chi connectivity index (χ1n) is 7.24. The van der Waals surface area contributed by atoms with E-state index < -0.39 is 0 Å². The van der Waals surface area contributed by atoms with Crippen molar-refractivity contribution in [2.75, 3.05) is 13.7 Å². The lowest BCUT2D eigenvalue weighted by Crippen LogP contribution is -2.35. The first-order valence-corrected chi connectivity index (χ1v) is 7.24. The molecule has 2 fully saturated rings. The molecule has 3 rings (SSSR count). The summed E-state index contributed by atoms with van der Waals surface area (Å²) in [6.45, 7) is 2.85. The van der Waals surface area contributed by atoms with Gasteiger partial charge in [-0.2, -0.15) is 4.98 Å². The quantitative estimate of drug-likeness (QED) is 0.902. The van der Waals surface area contributed by atoms with Crippen LogP contribution in [0.5, 0.6) is 0 Å². The molecule has 1 aromatic rings. The molecule has 2 atom stereocenters. The molecule has 2 aliphatic rings. The van der Waals surface area contributed by atoms with E-state index in [1.54, 1.807) is 7.11 Å². The SMILES string of the molecule is COC1(c2noc(C3(CN)CC3)n2)CCCC(C)C1. The maximum Gasteiger partial charge on any atom is 0.234 e. The summed E-state index contributed by atoms with van der Waals surface area (Å²) in [7, 11) is 1.75. The number of hydrogen-bond acceptors (Lipinski definition) is 5. The summed E-state index contributed by atoms with van der Waals surface area (Å²) in [5.74, 6) is 2.07. The Hall–Kier alpha value is -0.940. The Kier molecular flexibility index (Phi) is 3.14. The standard InChI is InChI=1S/C14H23N3O2/c1-10-4-3-5-14(8-10,18-2)11-16-12(19-17-11)13(9-15)6-7-13/h10H,3-9,15H2,1-2H3. The van der Waals surface area contributed by atoms with Crippen LogP contribution in [0.15, 0.2) is 4.52 Å². The van der Waals surface area contributed by atoms with Crippen LogP contribution in [0.1, 0.15) is 57.2 Å². The van der Waals surface area contributed by atoms with Gasteiger partial charge in [-0.15, -0.1) is 0 Å². The number of ether oxygens (including phenoxy) is 1. The van der Waals surface area contributed by atoms with E-state index in [0.29, 0.717) is 18.4 Å². The van der Waals surface area contributed by atoms with E-state index in [2.05, 4.69) is 17.1 Å². The number of hydrogen-bond donors (Lipinski definition) is 1. The molecular weight excluding hydrogens is 242 g/mol. The zero-order chi connectivity index (χ0) is 13.5. The van der Waals surface area contributed by atoms with E-state index in [9.17, 15) is 0 Å². The maximum absolute atomic E-state index is 5.82. The minimum Gasteiger partial charge on any atom is -0.370 e. The molecule has 2 saturated carbocycles. The third-order valence-electron chi connectivity index (χ3n) is 4.88. The molecule has 2 unspecified atom stereocenters. The van der Waals surface area contributed by atoms with Crippen molar-refractivity contribution in [1.29, 1.82) is 0 Å². The van der Waals surface area contributed by atoms with Crippen molar-refractivity contribution in [3.8, 4) is 0 Å². The van der Waals surface area contributed by atoms with Crippen molar-refractivity contribution in [2.24, 2.45) is 11.7 Å². The molecule has 19 heavy (non-hydrogen) atoms. The largest absolute Gasteiger partial charge is 0.370 e. The topological polar surface area (TPSA) is 74.2 Å². The molecule has 0 spiro atoms. The van der Waals surface area contributed by atoms with Gasteiger partial charge in [0.15, 0.2) is 0 Å². The molecule has 2 N–H and O–H groups in total. The average molecular weight is 265 g/mol. The fraction of sp³-hybridized carbons (Fsp3) is 0.857. The fourth-order valence-corrected chi connectivity index (χ4v) is 3.26. The molecule has 0 amide bonds. The van der Waals surface area contributed by atoms with Crippen molar-refractivity contribution in [2.45, 2.75) is 56.5 Å². The molecule has 5 heteroatoms. The van der Waals surface area contributed by atoms with E-state index in [-0.39, 0.29) is 11.0 Å². The lowest BCUT2D eigenvalue weighted by atomic mass is 9.78. The number of nitrogens with zero attached hydrogens (tertiary/aromatic N) is 2. The smallest absolute Gasteiger partial charge is 0.234 e. The Labute approximate surface area is 113 Å². The summed E-state index contributed by atoms with van der Waals surface area (Å²) < 4.78 is 11.3. The van der Waals surface area contributed by atoms with Crippen molar-refractivity contribution in [3.05, 3.63) is 11.7 Å². The van der Waals surface area contributed by atoms with Gasteiger partial charge in [0, 0.05) is 13.7 Å². The maximum atomic E-state index is 5.82. The fourth-order valence-electron chi connectivity index (χ4n) is 3.26. The Balaban J connectivity index is 1.88. The van der Waals surface area contributed by atoms with Crippen molar-refractivity contribution in [1.82, 2.24) is 10.1 Å². The number of methoxy groups -OCH3 is 1. The Morgan fingerprint density at radius 1 is 1.42 bits per heavy atom. The third kappa shape index (κ3) is 2.09. The van der Waals surface area contributed by atoms with Crippen LogP contribution in [0.2, 0.25) is 0 Å². The Morgan fingerprint density at radius 2 is 2.21 bits per heavy atom. The van der Waals surface area contributed by atoms with E-state index in [1.165, 1.54) is 6.42 Å². The zero-order valence-electron chi connectivity index (χ0n) is 11.8. The van der Waals surface area contributed by atoms with Gasteiger partial charge in [-0.05, 0) is 38.0 Å². The molecule has 0 aliphatic heterocycles. The molecule has 5 nitrogen and oxygen atoms in total. The summed E-state index contributed by atoms with van der Waals surface area (Å²) in [5, 5.41) is 4.20. The van der Waals surface area contributed by atoms with E-state index in [1.807, 2.05) is 0 Å².